The number of alkyl halides is 3. The number of nitrogens with zero attached hydrogens (tertiary/aromatic N) is 2. The first-order chi connectivity index (χ1) is 8.87. The second-order valence-electron chi connectivity index (χ2n) is 6.06. The highest BCUT2D eigenvalue weighted by Crippen LogP contribution is 2.38. The summed E-state index contributed by atoms with van der Waals surface area (Å²) in [5.74, 6) is 0. The van der Waals surface area contributed by atoms with Crippen molar-refractivity contribution in [3.63, 3.8) is 0 Å². The fourth-order valence-corrected chi connectivity index (χ4v) is 2.08. The van der Waals surface area contributed by atoms with Gasteiger partial charge in [0, 0.05) is 18.2 Å². The number of aryl methyl sites for hydroxylation is 1. The molecule has 0 bridgehead atoms. The maximum atomic E-state index is 13.1. The van der Waals surface area contributed by atoms with E-state index in [1.807, 2.05) is 0 Å². The second kappa shape index (κ2) is 4.24. The molecule has 1 fully saturated rings. The summed E-state index contributed by atoms with van der Waals surface area (Å²) in [6.45, 7) is 8.76. The molecule has 112 valence electrons. The number of halogens is 3. The molecule has 0 spiro atoms. The molecule has 0 aliphatic carbocycles. The molecular formula is C12H18BF3N2O2. The van der Waals surface area contributed by atoms with Crippen LogP contribution in [0.2, 0.25) is 0 Å². The fraction of sp³-hybridized carbons (Fsp3) is 0.750. The summed E-state index contributed by atoms with van der Waals surface area (Å²) in [5, 5.41) is 3.55. The normalized spacial score (nSPS) is 21.6. The first-order valence-corrected chi connectivity index (χ1v) is 6.33. The van der Waals surface area contributed by atoms with Crippen LogP contribution >= 0.6 is 0 Å². The van der Waals surface area contributed by atoms with Crippen molar-refractivity contribution in [3.05, 3.63) is 11.4 Å². The Hall–Kier alpha value is -1.02. The molecule has 1 aliphatic heterocycles. The molecule has 8 heteroatoms. The van der Waals surface area contributed by atoms with E-state index in [0.29, 0.717) is 5.69 Å². The van der Waals surface area contributed by atoms with Crippen molar-refractivity contribution in [3.8, 4) is 0 Å². The van der Waals surface area contributed by atoms with Crippen LogP contribution in [0, 0.1) is 6.92 Å². The van der Waals surface area contributed by atoms with Gasteiger partial charge >= 0.3 is 13.3 Å². The Labute approximate surface area is 116 Å². The van der Waals surface area contributed by atoms with Gasteiger partial charge < -0.3 is 9.31 Å². The molecule has 1 aromatic heterocycles. The topological polar surface area (TPSA) is 36.3 Å². The van der Waals surface area contributed by atoms with Crippen LogP contribution in [0.1, 0.15) is 39.1 Å². The van der Waals surface area contributed by atoms with Gasteiger partial charge in [0.2, 0.25) is 0 Å². The minimum Gasteiger partial charge on any atom is -0.399 e. The summed E-state index contributed by atoms with van der Waals surface area (Å²) in [7, 11) is 0.407. The SMILES string of the molecule is Cc1c(B2OC(C)(C)C(C)(C)O2)c(C(F)(F)F)nn1C. The Morgan fingerprint density at radius 3 is 1.95 bits per heavy atom. The zero-order valence-electron chi connectivity index (χ0n) is 12.4. The lowest BCUT2D eigenvalue weighted by molar-refractivity contribution is -0.140. The van der Waals surface area contributed by atoms with Gasteiger partial charge in [-0.3, -0.25) is 4.68 Å². The molecule has 0 radical (unpaired) electrons. The van der Waals surface area contributed by atoms with Gasteiger partial charge in [-0.15, -0.1) is 0 Å². The minimum absolute atomic E-state index is 0.0429. The molecule has 0 aromatic carbocycles. The largest absolute Gasteiger partial charge is 0.499 e. The van der Waals surface area contributed by atoms with E-state index < -0.39 is 30.2 Å². The Morgan fingerprint density at radius 1 is 1.10 bits per heavy atom. The summed E-state index contributed by atoms with van der Waals surface area (Å²) in [5.41, 5.74) is -1.99. The standard InChI is InChI=1S/C12H18BF3N2O2/c1-7-8(9(12(14,15)16)17-18(7)6)13-19-10(2,3)11(4,5)20-13/h1-6H3. The van der Waals surface area contributed by atoms with Crippen LogP contribution < -0.4 is 5.46 Å². The van der Waals surface area contributed by atoms with Crippen molar-refractivity contribution in [1.29, 1.82) is 0 Å². The predicted molar refractivity (Wildman–Crippen MR) is 68.7 cm³/mol. The molecule has 20 heavy (non-hydrogen) atoms. The fourth-order valence-electron chi connectivity index (χ4n) is 2.08. The monoisotopic (exact) mass is 290 g/mol. The average Bonchev–Trinajstić information content (AvgIpc) is 2.63. The van der Waals surface area contributed by atoms with Gasteiger partial charge in [0.05, 0.1) is 11.2 Å². The molecular weight excluding hydrogens is 272 g/mol. The lowest BCUT2D eigenvalue weighted by atomic mass is 9.77. The number of aromatic nitrogens is 2. The van der Waals surface area contributed by atoms with E-state index in [1.54, 1.807) is 34.6 Å². The number of hydrogen-bond acceptors (Lipinski definition) is 3. The smallest absolute Gasteiger partial charge is 0.399 e. The van der Waals surface area contributed by atoms with E-state index in [2.05, 4.69) is 5.10 Å². The molecule has 0 unspecified atom stereocenters. The van der Waals surface area contributed by atoms with Gasteiger partial charge in [0.25, 0.3) is 0 Å². The third-order valence-electron chi connectivity index (χ3n) is 4.14. The van der Waals surface area contributed by atoms with E-state index in [4.69, 9.17) is 9.31 Å². The lowest BCUT2D eigenvalue weighted by Gasteiger charge is -2.32. The highest BCUT2D eigenvalue weighted by Gasteiger charge is 2.55. The van der Waals surface area contributed by atoms with Crippen LogP contribution in [-0.2, 0) is 22.5 Å². The van der Waals surface area contributed by atoms with Crippen molar-refractivity contribution >= 4 is 12.6 Å². The Morgan fingerprint density at radius 2 is 1.55 bits per heavy atom. The Balaban J connectivity index is 2.50. The zero-order chi connectivity index (χ0) is 15.5. The third-order valence-corrected chi connectivity index (χ3v) is 4.14. The summed E-state index contributed by atoms with van der Waals surface area (Å²) in [6, 6.07) is 0. The van der Waals surface area contributed by atoms with Crippen LogP contribution in [0.15, 0.2) is 0 Å². The molecule has 1 aliphatic rings. The van der Waals surface area contributed by atoms with E-state index in [0.717, 1.165) is 0 Å². The lowest BCUT2D eigenvalue weighted by Crippen LogP contribution is -2.41. The van der Waals surface area contributed by atoms with Crippen molar-refractivity contribution in [2.24, 2.45) is 7.05 Å². The molecule has 4 nitrogen and oxygen atoms in total. The highest BCUT2D eigenvalue weighted by atomic mass is 19.4. The molecule has 1 aromatic rings. The van der Waals surface area contributed by atoms with Crippen LogP contribution in [0.25, 0.3) is 0 Å². The minimum atomic E-state index is -4.54. The Kier molecular flexibility index (Phi) is 3.26. The van der Waals surface area contributed by atoms with Crippen LogP contribution in [0.3, 0.4) is 0 Å². The van der Waals surface area contributed by atoms with Crippen molar-refractivity contribution in [1.82, 2.24) is 9.78 Å². The van der Waals surface area contributed by atoms with E-state index in [-0.39, 0.29) is 5.46 Å². The first-order valence-electron chi connectivity index (χ1n) is 6.33. The maximum Gasteiger partial charge on any atom is 0.499 e. The molecule has 0 amide bonds. The summed E-state index contributed by atoms with van der Waals surface area (Å²) in [6.07, 6.45) is -4.54. The number of hydrogen-bond donors (Lipinski definition) is 0. The van der Waals surface area contributed by atoms with E-state index in [1.165, 1.54) is 11.7 Å². The van der Waals surface area contributed by atoms with Crippen molar-refractivity contribution in [2.75, 3.05) is 0 Å². The van der Waals surface area contributed by atoms with Gasteiger partial charge in [-0.25, -0.2) is 0 Å². The zero-order valence-corrected chi connectivity index (χ0v) is 12.4. The highest BCUT2D eigenvalue weighted by molar-refractivity contribution is 6.63. The molecule has 0 saturated carbocycles. The first kappa shape index (κ1) is 15.4. The van der Waals surface area contributed by atoms with E-state index in [9.17, 15) is 13.2 Å². The maximum absolute atomic E-state index is 13.1. The van der Waals surface area contributed by atoms with Gasteiger partial charge in [-0.05, 0) is 34.6 Å². The van der Waals surface area contributed by atoms with Crippen LogP contribution in [0.5, 0.6) is 0 Å². The van der Waals surface area contributed by atoms with Crippen molar-refractivity contribution < 1.29 is 22.5 Å². The van der Waals surface area contributed by atoms with E-state index >= 15 is 0 Å². The summed E-state index contributed by atoms with van der Waals surface area (Å²) in [4.78, 5) is 0. The van der Waals surface area contributed by atoms with Crippen molar-refractivity contribution in [2.45, 2.75) is 52.0 Å². The molecule has 2 heterocycles. The van der Waals surface area contributed by atoms with Gasteiger partial charge in [0.1, 0.15) is 0 Å². The molecule has 2 rings (SSSR count). The average molecular weight is 290 g/mol. The Bertz CT molecular complexity index is 522. The van der Waals surface area contributed by atoms with Gasteiger partial charge in [-0.1, -0.05) is 0 Å². The molecule has 0 N–H and O–H groups in total. The third kappa shape index (κ3) is 2.24. The van der Waals surface area contributed by atoms with Gasteiger partial charge in [-0.2, -0.15) is 18.3 Å². The predicted octanol–water partition coefficient (Wildman–Crippen LogP) is 2.05. The summed E-state index contributed by atoms with van der Waals surface area (Å²) < 4.78 is 51.9. The van der Waals surface area contributed by atoms with Crippen LogP contribution in [-0.4, -0.2) is 28.1 Å². The quantitative estimate of drug-likeness (QED) is 0.743. The van der Waals surface area contributed by atoms with Gasteiger partial charge in [0.15, 0.2) is 5.69 Å². The number of rotatable bonds is 1. The van der Waals surface area contributed by atoms with Crippen LogP contribution in [0.4, 0.5) is 13.2 Å². The molecule has 0 atom stereocenters. The summed E-state index contributed by atoms with van der Waals surface area (Å²) >= 11 is 0. The second-order valence-corrected chi connectivity index (χ2v) is 6.06. The molecule has 1 saturated heterocycles.